The molecule has 2 nitrogen and oxygen atoms in total. The van der Waals surface area contributed by atoms with Crippen molar-refractivity contribution < 1.29 is 9.13 Å². The number of halogens is 2. The summed E-state index contributed by atoms with van der Waals surface area (Å²) in [7, 11) is 0. The van der Waals surface area contributed by atoms with E-state index in [0.29, 0.717) is 28.4 Å². The fourth-order valence-corrected chi connectivity index (χ4v) is 2.73. The van der Waals surface area contributed by atoms with Gasteiger partial charge in [-0.15, -0.1) is 0 Å². The first-order valence-corrected chi connectivity index (χ1v) is 6.89. The highest BCUT2D eigenvalue weighted by molar-refractivity contribution is 9.10. The van der Waals surface area contributed by atoms with Crippen LogP contribution in [0.25, 0.3) is 0 Å². The number of hydrogen-bond donors (Lipinski definition) is 1. The Hall–Kier alpha value is -1.55. The molecule has 0 fully saturated rings. The van der Waals surface area contributed by atoms with Gasteiger partial charge in [-0.1, -0.05) is 24.3 Å². The van der Waals surface area contributed by atoms with Crippen molar-refractivity contribution in [2.45, 2.75) is 12.3 Å². The van der Waals surface area contributed by atoms with Crippen molar-refractivity contribution in [3.63, 3.8) is 0 Å². The van der Waals surface area contributed by atoms with Gasteiger partial charge in [-0.2, -0.15) is 0 Å². The summed E-state index contributed by atoms with van der Waals surface area (Å²) < 4.78 is 19.4. The van der Waals surface area contributed by atoms with Crippen LogP contribution in [0.2, 0.25) is 0 Å². The summed E-state index contributed by atoms with van der Waals surface area (Å²) in [5.74, 6) is 0.422. The van der Waals surface area contributed by atoms with Crippen molar-refractivity contribution in [1.82, 2.24) is 0 Å². The second-order valence-electron chi connectivity index (χ2n) is 4.72. The third kappa shape index (κ3) is 2.32. The zero-order valence-electron chi connectivity index (χ0n) is 10.2. The van der Waals surface area contributed by atoms with Crippen molar-refractivity contribution in [1.29, 1.82) is 0 Å². The van der Waals surface area contributed by atoms with Crippen LogP contribution in [0.4, 0.5) is 10.1 Å². The molecular weight excluding hydrogens is 309 g/mol. The number of nitrogen functional groups attached to an aromatic ring is 1. The Morgan fingerprint density at radius 1 is 1.32 bits per heavy atom. The summed E-state index contributed by atoms with van der Waals surface area (Å²) in [6, 6.07) is 11.2. The first-order chi connectivity index (χ1) is 9.15. The number of ether oxygens (including phenoxy) is 1. The van der Waals surface area contributed by atoms with Gasteiger partial charge < -0.3 is 10.5 Å². The van der Waals surface area contributed by atoms with Crippen LogP contribution in [-0.4, -0.2) is 6.61 Å². The molecule has 0 spiro atoms. The predicted octanol–water partition coefficient (Wildman–Crippen LogP) is 3.89. The van der Waals surface area contributed by atoms with E-state index in [1.165, 1.54) is 23.3 Å². The number of nitrogens with two attached hydrogens (primary N) is 1. The van der Waals surface area contributed by atoms with E-state index in [2.05, 4.69) is 28.1 Å². The minimum absolute atomic E-state index is 0.353. The molecule has 1 unspecified atom stereocenters. The SMILES string of the molecule is Nc1cc(Br)c(F)cc1OCC1Cc2ccccc21. The fourth-order valence-electron chi connectivity index (χ4n) is 2.37. The lowest BCUT2D eigenvalue weighted by atomic mass is 9.78. The van der Waals surface area contributed by atoms with Crippen LogP contribution < -0.4 is 10.5 Å². The molecule has 4 heteroatoms. The normalized spacial score (nSPS) is 16.6. The average Bonchev–Trinajstić information content (AvgIpc) is 2.36. The molecule has 2 aromatic carbocycles. The smallest absolute Gasteiger partial charge is 0.145 e. The van der Waals surface area contributed by atoms with E-state index in [1.807, 2.05) is 12.1 Å². The predicted molar refractivity (Wildman–Crippen MR) is 76.9 cm³/mol. The maximum absolute atomic E-state index is 13.4. The lowest BCUT2D eigenvalue weighted by Gasteiger charge is -2.30. The van der Waals surface area contributed by atoms with E-state index in [1.54, 1.807) is 0 Å². The van der Waals surface area contributed by atoms with Crippen molar-refractivity contribution in [3.05, 3.63) is 57.8 Å². The van der Waals surface area contributed by atoms with Crippen LogP contribution >= 0.6 is 15.9 Å². The Balaban J connectivity index is 1.70. The summed E-state index contributed by atoms with van der Waals surface area (Å²) >= 11 is 3.10. The molecule has 1 aliphatic carbocycles. The average molecular weight is 322 g/mol. The van der Waals surface area contributed by atoms with Gasteiger partial charge in [0, 0.05) is 12.0 Å². The van der Waals surface area contributed by atoms with Crippen molar-refractivity contribution in [3.8, 4) is 5.75 Å². The second-order valence-corrected chi connectivity index (χ2v) is 5.57. The Labute approximate surface area is 119 Å². The molecule has 0 heterocycles. The standard InChI is InChI=1S/C15H13BrFNO/c16-12-6-14(18)15(7-13(12)17)19-8-10-5-9-3-1-2-4-11(9)10/h1-4,6-7,10H,5,8,18H2. The van der Waals surface area contributed by atoms with Crippen LogP contribution in [0.5, 0.6) is 5.75 Å². The second kappa shape index (κ2) is 4.85. The molecule has 0 bridgehead atoms. The topological polar surface area (TPSA) is 35.2 Å². The molecule has 0 radical (unpaired) electrons. The molecule has 0 saturated carbocycles. The van der Waals surface area contributed by atoms with Gasteiger partial charge in [-0.3, -0.25) is 0 Å². The molecule has 0 aliphatic heterocycles. The Bertz CT molecular complexity index is 630. The van der Waals surface area contributed by atoms with Crippen LogP contribution in [0.15, 0.2) is 40.9 Å². The van der Waals surface area contributed by atoms with Crippen molar-refractivity contribution in [2.75, 3.05) is 12.3 Å². The molecule has 1 atom stereocenters. The highest BCUT2D eigenvalue weighted by atomic mass is 79.9. The summed E-state index contributed by atoms with van der Waals surface area (Å²) in [4.78, 5) is 0. The summed E-state index contributed by atoms with van der Waals surface area (Å²) in [6.45, 7) is 0.530. The zero-order valence-corrected chi connectivity index (χ0v) is 11.8. The lowest BCUT2D eigenvalue weighted by molar-refractivity contribution is 0.275. The molecule has 1 aliphatic rings. The number of benzene rings is 2. The monoisotopic (exact) mass is 321 g/mol. The van der Waals surface area contributed by atoms with Crippen molar-refractivity contribution >= 4 is 21.6 Å². The minimum Gasteiger partial charge on any atom is -0.491 e. The van der Waals surface area contributed by atoms with Gasteiger partial charge in [-0.05, 0) is 39.5 Å². The molecule has 0 amide bonds. The Morgan fingerprint density at radius 3 is 2.89 bits per heavy atom. The number of rotatable bonds is 3. The summed E-state index contributed by atoms with van der Waals surface area (Å²) in [6.07, 6.45) is 1.01. The third-order valence-corrected chi connectivity index (χ3v) is 4.06. The van der Waals surface area contributed by atoms with E-state index in [-0.39, 0.29) is 5.82 Å². The number of fused-ring (bicyclic) bond motifs is 1. The summed E-state index contributed by atoms with van der Waals surface area (Å²) in [5.41, 5.74) is 8.94. The van der Waals surface area contributed by atoms with Crippen LogP contribution in [0.1, 0.15) is 17.0 Å². The number of anilines is 1. The van der Waals surface area contributed by atoms with E-state index in [9.17, 15) is 4.39 Å². The zero-order chi connectivity index (χ0) is 13.4. The van der Waals surface area contributed by atoms with Gasteiger partial charge in [0.25, 0.3) is 0 Å². The van der Waals surface area contributed by atoms with E-state index < -0.39 is 0 Å². The van der Waals surface area contributed by atoms with Gasteiger partial charge >= 0.3 is 0 Å². The largest absolute Gasteiger partial charge is 0.491 e. The maximum atomic E-state index is 13.4. The van der Waals surface area contributed by atoms with Crippen LogP contribution in [-0.2, 0) is 6.42 Å². The first-order valence-electron chi connectivity index (χ1n) is 6.10. The molecule has 3 rings (SSSR count). The lowest BCUT2D eigenvalue weighted by Crippen LogP contribution is -2.23. The molecule has 2 N–H and O–H groups in total. The Kier molecular flexibility index (Phi) is 3.19. The maximum Gasteiger partial charge on any atom is 0.145 e. The summed E-state index contributed by atoms with van der Waals surface area (Å²) in [5, 5.41) is 0. The quantitative estimate of drug-likeness (QED) is 0.870. The molecule has 98 valence electrons. The molecule has 0 aromatic heterocycles. The highest BCUT2D eigenvalue weighted by Crippen LogP contribution is 2.36. The van der Waals surface area contributed by atoms with E-state index in [0.717, 1.165) is 6.42 Å². The van der Waals surface area contributed by atoms with Gasteiger partial charge in [0.1, 0.15) is 11.6 Å². The van der Waals surface area contributed by atoms with Crippen LogP contribution in [0.3, 0.4) is 0 Å². The van der Waals surface area contributed by atoms with Gasteiger partial charge in [0.05, 0.1) is 16.8 Å². The van der Waals surface area contributed by atoms with Crippen molar-refractivity contribution in [2.24, 2.45) is 0 Å². The number of hydrogen-bond acceptors (Lipinski definition) is 2. The Morgan fingerprint density at radius 2 is 2.11 bits per heavy atom. The van der Waals surface area contributed by atoms with Gasteiger partial charge in [-0.25, -0.2) is 4.39 Å². The van der Waals surface area contributed by atoms with Gasteiger partial charge in [0.15, 0.2) is 0 Å². The van der Waals surface area contributed by atoms with Crippen LogP contribution in [0, 0.1) is 5.82 Å². The molecular formula is C15H13BrFNO. The molecule has 2 aromatic rings. The third-order valence-electron chi connectivity index (χ3n) is 3.45. The van der Waals surface area contributed by atoms with E-state index >= 15 is 0 Å². The fraction of sp³-hybridized carbons (Fsp3) is 0.200. The highest BCUT2D eigenvalue weighted by Gasteiger charge is 2.26. The minimum atomic E-state index is -0.363. The first kappa shape index (κ1) is 12.5. The van der Waals surface area contributed by atoms with E-state index in [4.69, 9.17) is 10.5 Å². The molecule has 0 saturated heterocycles. The molecule has 19 heavy (non-hydrogen) atoms. The van der Waals surface area contributed by atoms with Gasteiger partial charge in [0.2, 0.25) is 0 Å².